The van der Waals surface area contributed by atoms with E-state index in [-0.39, 0.29) is 17.9 Å². The number of carbonyl (C=O) groups excluding carboxylic acids is 2. The minimum Gasteiger partial charge on any atom is -0.494 e. The molecule has 0 aliphatic carbocycles. The molecule has 3 aromatic carbocycles. The minimum atomic E-state index is -0.416. The summed E-state index contributed by atoms with van der Waals surface area (Å²) < 4.78 is 11.6. The van der Waals surface area contributed by atoms with Gasteiger partial charge in [0.25, 0.3) is 0 Å². The summed E-state index contributed by atoms with van der Waals surface area (Å²) in [5, 5.41) is 0. The van der Waals surface area contributed by atoms with Crippen LogP contribution in [0.15, 0.2) is 72.8 Å². The quantitative estimate of drug-likeness (QED) is 0.0511. The maximum Gasteiger partial charge on any atom is 0.343 e. The van der Waals surface area contributed by atoms with Crippen molar-refractivity contribution in [3.05, 3.63) is 78.4 Å². The molecule has 0 saturated carbocycles. The van der Waals surface area contributed by atoms with Crippen molar-refractivity contribution in [1.29, 1.82) is 0 Å². The number of ether oxygens (including phenoxy) is 2. The molecule has 1 aliphatic heterocycles. The maximum atomic E-state index is 12.9. The first kappa shape index (κ1) is 35.3. The van der Waals surface area contributed by atoms with E-state index in [4.69, 9.17) is 9.47 Å². The van der Waals surface area contributed by atoms with Gasteiger partial charge in [-0.3, -0.25) is 4.79 Å². The van der Waals surface area contributed by atoms with Gasteiger partial charge >= 0.3 is 5.97 Å². The SMILES string of the molecule is CCCCCCCCCCOc1ccc(-c2ccc(OC(=O)c3ccc(N4C(=O)[C@H](CCCCCCCC)[C@@H]4C)cc3)cc2)cc1. The fraction of sp³-hybridized carbons (Fsp3) is 0.512. The van der Waals surface area contributed by atoms with Crippen LogP contribution in [-0.4, -0.2) is 24.5 Å². The molecule has 1 heterocycles. The Balaban J connectivity index is 1.18. The number of benzene rings is 3. The number of β-lactam (4-membered cyclic amide) rings is 1. The number of amides is 1. The Morgan fingerprint density at radius 3 is 1.67 bits per heavy atom. The standard InChI is InChI=1S/C41H55NO4/c1-4-6-8-10-12-13-15-17-31-45-37-27-21-33(22-28-37)34-23-29-38(30-24-34)46-41(44)35-19-25-36(26-20-35)42-32(3)39(40(42)43)18-16-14-11-9-7-5-2/h19-30,32,39H,4-18,31H2,1-3H3/t32-,39+/m0/s1. The first-order valence-corrected chi connectivity index (χ1v) is 18.0. The van der Waals surface area contributed by atoms with E-state index >= 15 is 0 Å². The van der Waals surface area contributed by atoms with E-state index in [0.717, 1.165) is 48.4 Å². The summed E-state index contributed by atoms with van der Waals surface area (Å²) in [6.07, 6.45) is 18.7. The van der Waals surface area contributed by atoms with Crippen LogP contribution < -0.4 is 14.4 Å². The Labute approximate surface area is 277 Å². The first-order valence-electron chi connectivity index (χ1n) is 18.0. The second-order valence-electron chi connectivity index (χ2n) is 12.9. The molecule has 0 spiro atoms. The van der Waals surface area contributed by atoms with Crippen LogP contribution in [0.4, 0.5) is 5.69 Å². The number of unbranched alkanes of at least 4 members (excludes halogenated alkanes) is 12. The topological polar surface area (TPSA) is 55.8 Å². The van der Waals surface area contributed by atoms with Crippen LogP contribution in [0.1, 0.15) is 127 Å². The number of hydrogen-bond acceptors (Lipinski definition) is 4. The second kappa shape index (κ2) is 19.2. The first-order chi connectivity index (χ1) is 22.5. The largest absolute Gasteiger partial charge is 0.494 e. The van der Waals surface area contributed by atoms with E-state index in [1.54, 1.807) is 12.1 Å². The van der Waals surface area contributed by atoms with E-state index in [0.29, 0.717) is 11.3 Å². The molecule has 1 saturated heterocycles. The molecule has 1 fully saturated rings. The van der Waals surface area contributed by atoms with Gasteiger partial charge < -0.3 is 14.4 Å². The normalized spacial score (nSPS) is 15.9. The summed E-state index contributed by atoms with van der Waals surface area (Å²) in [7, 11) is 0. The second-order valence-corrected chi connectivity index (χ2v) is 12.9. The van der Waals surface area contributed by atoms with Gasteiger partial charge in [-0.1, -0.05) is 122 Å². The molecule has 2 atom stereocenters. The summed E-state index contributed by atoms with van der Waals surface area (Å²) in [5.41, 5.74) is 3.42. The summed E-state index contributed by atoms with van der Waals surface area (Å²) >= 11 is 0. The van der Waals surface area contributed by atoms with E-state index in [1.165, 1.54) is 77.0 Å². The lowest BCUT2D eigenvalue weighted by atomic mass is 9.83. The van der Waals surface area contributed by atoms with Crippen molar-refractivity contribution in [2.75, 3.05) is 11.5 Å². The third-order valence-electron chi connectivity index (χ3n) is 9.31. The van der Waals surface area contributed by atoms with Gasteiger partial charge in [0.15, 0.2) is 0 Å². The lowest BCUT2D eigenvalue weighted by Crippen LogP contribution is -2.59. The number of nitrogens with zero attached hydrogens (tertiary/aromatic N) is 1. The highest BCUT2D eigenvalue weighted by Gasteiger charge is 2.44. The highest BCUT2D eigenvalue weighted by Crippen LogP contribution is 2.36. The molecule has 0 radical (unpaired) electrons. The molecule has 1 aliphatic rings. The zero-order valence-electron chi connectivity index (χ0n) is 28.5. The van der Waals surface area contributed by atoms with Gasteiger partial charge in [0, 0.05) is 11.7 Å². The molecular formula is C41H55NO4. The lowest BCUT2D eigenvalue weighted by molar-refractivity contribution is -0.130. The van der Waals surface area contributed by atoms with Crippen LogP contribution in [0.2, 0.25) is 0 Å². The third kappa shape index (κ3) is 10.5. The Hall–Kier alpha value is -3.60. The van der Waals surface area contributed by atoms with E-state index in [9.17, 15) is 9.59 Å². The number of rotatable bonds is 21. The number of hydrogen-bond donors (Lipinski definition) is 0. The van der Waals surface area contributed by atoms with Crippen LogP contribution in [0.3, 0.4) is 0 Å². The molecule has 5 nitrogen and oxygen atoms in total. The molecule has 0 bridgehead atoms. The highest BCUT2D eigenvalue weighted by molar-refractivity contribution is 6.03. The van der Waals surface area contributed by atoms with Gasteiger partial charge in [0.2, 0.25) is 5.91 Å². The van der Waals surface area contributed by atoms with Gasteiger partial charge in [0.1, 0.15) is 11.5 Å². The predicted molar refractivity (Wildman–Crippen MR) is 190 cm³/mol. The molecular weight excluding hydrogens is 570 g/mol. The zero-order valence-corrected chi connectivity index (χ0v) is 28.5. The van der Waals surface area contributed by atoms with E-state index in [2.05, 4.69) is 32.9 Å². The molecule has 0 aromatic heterocycles. The van der Waals surface area contributed by atoms with Crippen LogP contribution in [0.25, 0.3) is 11.1 Å². The van der Waals surface area contributed by atoms with Crippen molar-refractivity contribution in [3.63, 3.8) is 0 Å². The molecule has 1 amide bonds. The summed E-state index contributed by atoms with van der Waals surface area (Å²) in [6.45, 7) is 7.36. The molecule has 46 heavy (non-hydrogen) atoms. The van der Waals surface area contributed by atoms with Crippen molar-refractivity contribution in [1.82, 2.24) is 0 Å². The number of anilines is 1. The Morgan fingerprint density at radius 1 is 0.630 bits per heavy atom. The highest BCUT2D eigenvalue weighted by atomic mass is 16.5. The summed E-state index contributed by atoms with van der Waals surface area (Å²) in [4.78, 5) is 27.6. The van der Waals surface area contributed by atoms with Crippen molar-refractivity contribution >= 4 is 17.6 Å². The fourth-order valence-electron chi connectivity index (χ4n) is 6.36. The van der Waals surface area contributed by atoms with Crippen LogP contribution in [-0.2, 0) is 4.79 Å². The van der Waals surface area contributed by atoms with Crippen LogP contribution in [0, 0.1) is 5.92 Å². The average Bonchev–Trinajstić information content (AvgIpc) is 3.08. The monoisotopic (exact) mass is 625 g/mol. The van der Waals surface area contributed by atoms with Crippen molar-refractivity contribution in [2.24, 2.45) is 5.92 Å². The molecule has 0 unspecified atom stereocenters. The smallest absolute Gasteiger partial charge is 0.343 e. The summed E-state index contributed by atoms with van der Waals surface area (Å²) in [5.74, 6) is 1.27. The lowest BCUT2D eigenvalue weighted by Gasteiger charge is -2.45. The zero-order chi connectivity index (χ0) is 32.6. The van der Waals surface area contributed by atoms with Crippen molar-refractivity contribution < 1.29 is 19.1 Å². The predicted octanol–water partition coefficient (Wildman–Crippen LogP) is 11.2. The molecule has 0 N–H and O–H groups in total. The Kier molecular flexibility index (Phi) is 14.7. The number of esters is 1. The average molecular weight is 626 g/mol. The van der Waals surface area contributed by atoms with Crippen LogP contribution >= 0.6 is 0 Å². The molecule has 5 heteroatoms. The van der Waals surface area contributed by atoms with Crippen molar-refractivity contribution in [2.45, 2.75) is 123 Å². The van der Waals surface area contributed by atoms with Gasteiger partial charge in [0.05, 0.1) is 18.1 Å². The molecule has 4 rings (SSSR count). The maximum absolute atomic E-state index is 12.9. The molecule has 248 valence electrons. The van der Waals surface area contributed by atoms with Gasteiger partial charge in [-0.2, -0.15) is 0 Å². The minimum absolute atomic E-state index is 0.106. The van der Waals surface area contributed by atoms with E-state index < -0.39 is 5.97 Å². The Morgan fingerprint density at radius 2 is 1.13 bits per heavy atom. The van der Waals surface area contributed by atoms with Gasteiger partial charge in [-0.25, -0.2) is 4.79 Å². The third-order valence-corrected chi connectivity index (χ3v) is 9.31. The number of carbonyl (C=O) groups is 2. The summed E-state index contributed by atoms with van der Waals surface area (Å²) in [6, 6.07) is 23.1. The van der Waals surface area contributed by atoms with E-state index in [1.807, 2.05) is 53.4 Å². The van der Waals surface area contributed by atoms with Crippen molar-refractivity contribution in [3.8, 4) is 22.6 Å². The van der Waals surface area contributed by atoms with Gasteiger partial charge in [-0.15, -0.1) is 0 Å². The fourth-order valence-corrected chi connectivity index (χ4v) is 6.36. The van der Waals surface area contributed by atoms with Gasteiger partial charge in [-0.05, 0) is 79.4 Å². The molecule has 3 aromatic rings. The van der Waals surface area contributed by atoms with Crippen LogP contribution in [0.5, 0.6) is 11.5 Å². The Bertz CT molecular complexity index is 1320.